The van der Waals surface area contributed by atoms with Gasteiger partial charge in [0.05, 0.1) is 31.5 Å². The molecule has 1 rings (SSSR count). The van der Waals surface area contributed by atoms with Crippen molar-refractivity contribution in [3.8, 4) is 0 Å². The van der Waals surface area contributed by atoms with E-state index in [0.717, 1.165) is 12.8 Å². The fraction of sp³-hybridized carbons (Fsp3) is 0.447. The summed E-state index contributed by atoms with van der Waals surface area (Å²) in [4.78, 5) is 10.7. The average Bonchev–Trinajstić information content (AvgIpc) is 3.47. The maximum atomic E-state index is 10.7. The number of rotatable bonds is 20. The maximum Gasteiger partial charge on any atom is 0.331 e. The third-order valence-corrected chi connectivity index (χ3v) is 7.68. The van der Waals surface area contributed by atoms with Gasteiger partial charge in [-0.3, -0.25) is 0 Å². The van der Waals surface area contributed by atoms with Crippen LogP contribution in [-0.4, -0.2) is 63.7 Å². The SMILES string of the molecule is C\C(=C/C=C/C=C/CC/C=C/C(C)C(O)C(C)C(O)/C=C/C=C/C=C/C=C/C=C/C=C/CC(O)C(C)C1(C)OCCO1)C(=O)O. The molecule has 1 saturated heterocycles. The van der Waals surface area contributed by atoms with Crippen LogP contribution in [0.1, 0.15) is 53.9 Å². The van der Waals surface area contributed by atoms with Crippen LogP contribution in [0.4, 0.5) is 0 Å². The third-order valence-electron chi connectivity index (χ3n) is 7.68. The van der Waals surface area contributed by atoms with Crippen LogP contribution >= 0.6 is 0 Å². The van der Waals surface area contributed by atoms with Crippen molar-refractivity contribution in [1.82, 2.24) is 0 Å². The number of carbonyl (C=O) groups is 1. The van der Waals surface area contributed by atoms with Crippen LogP contribution in [0.5, 0.6) is 0 Å². The second-order valence-corrected chi connectivity index (χ2v) is 11.3. The smallest absolute Gasteiger partial charge is 0.331 e. The minimum absolute atomic E-state index is 0.100. The molecule has 7 heteroatoms. The van der Waals surface area contributed by atoms with Crippen molar-refractivity contribution in [2.45, 2.75) is 78.0 Å². The maximum absolute atomic E-state index is 10.7. The Labute approximate surface area is 270 Å². The number of carboxylic acid groups (broad SMARTS) is 1. The van der Waals surface area contributed by atoms with E-state index in [1.165, 1.54) is 0 Å². The Morgan fingerprint density at radius 2 is 1.24 bits per heavy atom. The van der Waals surface area contributed by atoms with Gasteiger partial charge in [-0.2, -0.15) is 0 Å². The van der Waals surface area contributed by atoms with Crippen molar-refractivity contribution in [3.63, 3.8) is 0 Å². The molecule has 0 amide bonds. The molecule has 6 atom stereocenters. The van der Waals surface area contributed by atoms with Gasteiger partial charge in [-0.1, -0.05) is 136 Å². The van der Waals surface area contributed by atoms with Crippen molar-refractivity contribution in [3.05, 3.63) is 121 Å². The highest BCUT2D eigenvalue weighted by molar-refractivity contribution is 5.86. The zero-order chi connectivity index (χ0) is 33.5. The number of carboxylic acids is 1. The van der Waals surface area contributed by atoms with E-state index >= 15 is 0 Å². The fourth-order valence-corrected chi connectivity index (χ4v) is 4.32. The number of hydrogen-bond donors (Lipinski definition) is 4. The summed E-state index contributed by atoms with van der Waals surface area (Å²) < 4.78 is 11.3. The molecular weight excluding hydrogens is 568 g/mol. The quantitative estimate of drug-likeness (QED) is 0.0503. The summed E-state index contributed by atoms with van der Waals surface area (Å²) in [6, 6.07) is 0. The Kier molecular flexibility index (Phi) is 20.4. The zero-order valence-electron chi connectivity index (χ0n) is 27.5. The lowest BCUT2D eigenvalue weighted by molar-refractivity contribution is -0.198. The topological polar surface area (TPSA) is 116 Å². The molecule has 248 valence electrons. The van der Waals surface area contributed by atoms with Crippen LogP contribution in [-0.2, 0) is 14.3 Å². The first-order chi connectivity index (χ1) is 21.5. The Hall–Kier alpha value is -3.33. The molecule has 1 heterocycles. The molecule has 4 N–H and O–H groups in total. The van der Waals surface area contributed by atoms with E-state index in [4.69, 9.17) is 14.6 Å². The third kappa shape index (κ3) is 17.1. The summed E-state index contributed by atoms with van der Waals surface area (Å²) in [6.45, 7) is 10.2. The van der Waals surface area contributed by atoms with Crippen molar-refractivity contribution >= 4 is 5.97 Å². The Morgan fingerprint density at radius 3 is 1.84 bits per heavy atom. The predicted molar refractivity (Wildman–Crippen MR) is 183 cm³/mol. The number of aliphatic hydroxyl groups is 3. The van der Waals surface area contributed by atoms with Gasteiger partial charge < -0.3 is 29.9 Å². The van der Waals surface area contributed by atoms with Gasteiger partial charge in [-0.05, 0) is 33.1 Å². The first-order valence-corrected chi connectivity index (χ1v) is 15.7. The molecule has 0 aromatic carbocycles. The van der Waals surface area contributed by atoms with Gasteiger partial charge >= 0.3 is 5.97 Å². The van der Waals surface area contributed by atoms with Crippen LogP contribution < -0.4 is 0 Å². The molecule has 1 fully saturated rings. The summed E-state index contributed by atoms with van der Waals surface area (Å²) in [7, 11) is 0. The first-order valence-electron chi connectivity index (χ1n) is 15.7. The molecule has 1 aliphatic rings. The number of allylic oxidation sites excluding steroid dienone is 16. The molecule has 0 spiro atoms. The van der Waals surface area contributed by atoms with Crippen LogP contribution in [0.3, 0.4) is 0 Å². The van der Waals surface area contributed by atoms with E-state index < -0.39 is 30.1 Å². The van der Waals surface area contributed by atoms with Gasteiger partial charge in [0, 0.05) is 23.3 Å². The second kappa shape index (κ2) is 23.1. The highest BCUT2D eigenvalue weighted by atomic mass is 16.7. The van der Waals surface area contributed by atoms with E-state index in [2.05, 4.69) is 0 Å². The van der Waals surface area contributed by atoms with Crippen molar-refractivity contribution in [2.75, 3.05) is 13.2 Å². The van der Waals surface area contributed by atoms with Crippen LogP contribution in [0.25, 0.3) is 0 Å². The van der Waals surface area contributed by atoms with Gasteiger partial charge in [0.1, 0.15) is 0 Å². The second-order valence-electron chi connectivity index (χ2n) is 11.3. The average molecular weight is 623 g/mol. The van der Waals surface area contributed by atoms with Gasteiger partial charge in [0.15, 0.2) is 5.79 Å². The van der Waals surface area contributed by atoms with Crippen molar-refractivity contribution in [2.24, 2.45) is 17.8 Å². The lowest BCUT2D eigenvalue weighted by atomic mass is 9.88. The molecule has 1 aliphatic heterocycles. The first kappa shape index (κ1) is 39.7. The largest absolute Gasteiger partial charge is 0.478 e. The van der Waals surface area contributed by atoms with Gasteiger partial charge in [0.2, 0.25) is 0 Å². The Morgan fingerprint density at radius 1 is 0.733 bits per heavy atom. The van der Waals surface area contributed by atoms with E-state index in [0.29, 0.717) is 19.6 Å². The summed E-state index contributed by atoms with van der Waals surface area (Å²) in [5.41, 5.74) is 0.286. The molecule has 0 saturated carbocycles. The number of aliphatic hydroxyl groups excluding tert-OH is 3. The molecule has 0 bridgehead atoms. The minimum Gasteiger partial charge on any atom is -0.478 e. The number of unbranched alkanes of at least 4 members (excludes halogenated alkanes) is 1. The normalized spacial score (nSPS) is 20.8. The molecule has 0 aromatic rings. The zero-order valence-corrected chi connectivity index (χ0v) is 27.5. The molecule has 0 aromatic heterocycles. The molecule has 0 radical (unpaired) electrons. The minimum atomic E-state index is -0.927. The predicted octanol–water partition coefficient (Wildman–Crippen LogP) is 6.95. The highest BCUT2D eigenvalue weighted by Gasteiger charge is 2.40. The molecule has 0 aliphatic carbocycles. The van der Waals surface area contributed by atoms with E-state index in [9.17, 15) is 20.1 Å². The van der Waals surface area contributed by atoms with Crippen LogP contribution in [0.15, 0.2) is 121 Å². The van der Waals surface area contributed by atoms with E-state index in [-0.39, 0.29) is 23.3 Å². The lowest BCUT2D eigenvalue weighted by Crippen LogP contribution is -2.40. The van der Waals surface area contributed by atoms with Gasteiger partial charge in [-0.15, -0.1) is 0 Å². The number of aliphatic carboxylic acids is 1. The highest BCUT2D eigenvalue weighted by Crippen LogP contribution is 2.31. The van der Waals surface area contributed by atoms with E-state index in [1.807, 2.05) is 113 Å². The fourth-order valence-electron chi connectivity index (χ4n) is 4.32. The monoisotopic (exact) mass is 622 g/mol. The van der Waals surface area contributed by atoms with E-state index in [1.54, 1.807) is 37.3 Å². The summed E-state index contributed by atoms with van der Waals surface area (Å²) >= 11 is 0. The summed E-state index contributed by atoms with van der Waals surface area (Å²) in [5.74, 6) is -2.20. The summed E-state index contributed by atoms with van der Waals surface area (Å²) in [6.07, 6.45) is 35.5. The standard InChI is InChI=1S/C38H54O7/c1-30(24-20-16-12-11-13-17-21-25-31(2)37(42)43)36(41)32(3)34(39)26-22-18-14-9-7-6-8-10-15-19-23-27-35(40)33(4)38(5)44-28-29-45-38/h6-11,13-15,17-26,30,32-36,39-41H,12,16,27-29H2,1-5H3,(H,42,43)/b8-6+,9-7+,13-11+,15-10+,18-14+,21-17+,23-19+,24-20+,26-22+,31-25+. The number of ether oxygens (including phenoxy) is 2. The molecular formula is C38H54O7. The Bertz CT molecular complexity index is 1140. The van der Waals surface area contributed by atoms with Crippen LogP contribution in [0, 0.1) is 17.8 Å². The van der Waals surface area contributed by atoms with Crippen molar-refractivity contribution < 1.29 is 34.7 Å². The van der Waals surface area contributed by atoms with Gasteiger partial charge in [0.25, 0.3) is 0 Å². The van der Waals surface area contributed by atoms with Gasteiger partial charge in [-0.25, -0.2) is 4.79 Å². The van der Waals surface area contributed by atoms with Crippen LogP contribution in [0.2, 0.25) is 0 Å². The molecule has 6 unspecified atom stereocenters. The Balaban J connectivity index is 2.30. The number of hydrogen-bond acceptors (Lipinski definition) is 6. The summed E-state index contributed by atoms with van der Waals surface area (Å²) in [5, 5.41) is 40.3. The molecule has 7 nitrogen and oxygen atoms in total. The van der Waals surface area contributed by atoms with Crippen molar-refractivity contribution in [1.29, 1.82) is 0 Å². The molecule has 45 heavy (non-hydrogen) atoms. The lowest BCUT2D eigenvalue weighted by Gasteiger charge is -2.32.